The molecule has 0 heterocycles. The number of amides is 1. The SMILES string of the molecule is C=CC(=C)/C=N\NC(=O)/C(C=C)=C/C. The van der Waals surface area contributed by atoms with Crippen molar-refractivity contribution in [2.75, 3.05) is 0 Å². The third kappa shape index (κ3) is 4.21. The van der Waals surface area contributed by atoms with Gasteiger partial charge in [-0.25, -0.2) is 5.43 Å². The first-order valence-electron chi connectivity index (χ1n) is 4.09. The number of nitrogens with zero attached hydrogens (tertiary/aromatic N) is 1. The van der Waals surface area contributed by atoms with Crippen molar-refractivity contribution in [2.24, 2.45) is 5.10 Å². The molecule has 1 N–H and O–H groups in total. The van der Waals surface area contributed by atoms with Crippen molar-refractivity contribution in [1.29, 1.82) is 0 Å². The van der Waals surface area contributed by atoms with E-state index in [0.29, 0.717) is 11.1 Å². The molecule has 0 unspecified atom stereocenters. The minimum atomic E-state index is -0.296. The van der Waals surface area contributed by atoms with E-state index in [0.717, 1.165) is 0 Å². The van der Waals surface area contributed by atoms with Gasteiger partial charge in [0.2, 0.25) is 0 Å². The Morgan fingerprint density at radius 3 is 2.43 bits per heavy atom. The molecule has 0 rings (SSSR count). The molecule has 0 saturated carbocycles. The zero-order valence-electron chi connectivity index (χ0n) is 8.29. The highest BCUT2D eigenvalue weighted by molar-refractivity contribution is 5.96. The van der Waals surface area contributed by atoms with Crippen LogP contribution in [0.25, 0.3) is 0 Å². The van der Waals surface area contributed by atoms with E-state index in [1.165, 1.54) is 12.3 Å². The van der Waals surface area contributed by atoms with Crippen molar-refractivity contribution >= 4 is 12.1 Å². The van der Waals surface area contributed by atoms with Crippen LogP contribution in [0.1, 0.15) is 6.92 Å². The van der Waals surface area contributed by atoms with Gasteiger partial charge in [-0.1, -0.05) is 38.0 Å². The quantitative estimate of drug-likeness (QED) is 0.306. The van der Waals surface area contributed by atoms with Crippen molar-refractivity contribution in [1.82, 2.24) is 5.43 Å². The molecular formula is C11H14N2O. The van der Waals surface area contributed by atoms with E-state index in [1.807, 2.05) is 0 Å². The molecule has 1 amide bonds. The summed E-state index contributed by atoms with van der Waals surface area (Å²) in [5.74, 6) is -0.296. The molecule has 0 atom stereocenters. The van der Waals surface area contributed by atoms with Gasteiger partial charge in [0.1, 0.15) is 0 Å². The van der Waals surface area contributed by atoms with Crippen LogP contribution in [0.15, 0.2) is 54.2 Å². The molecule has 74 valence electrons. The molecule has 3 nitrogen and oxygen atoms in total. The van der Waals surface area contributed by atoms with Crippen LogP contribution in [0.5, 0.6) is 0 Å². The lowest BCUT2D eigenvalue weighted by atomic mass is 10.2. The van der Waals surface area contributed by atoms with Gasteiger partial charge in [-0.2, -0.15) is 5.10 Å². The normalized spacial score (nSPS) is 11.1. The van der Waals surface area contributed by atoms with Crippen LogP contribution in [-0.2, 0) is 4.79 Å². The standard InChI is InChI=1S/C11H14N2O/c1-5-9(4)8-12-13-11(14)10(6-2)7-3/h5-8H,1-2,4H2,3H3,(H,13,14)/b10-7+,12-8-. The summed E-state index contributed by atoms with van der Waals surface area (Å²) in [6, 6.07) is 0. The molecule has 0 radical (unpaired) electrons. The van der Waals surface area contributed by atoms with Crippen LogP contribution in [0.2, 0.25) is 0 Å². The molecule has 0 fully saturated rings. The molecule has 0 aliphatic rings. The van der Waals surface area contributed by atoms with E-state index in [-0.39, 0.29) is 5.91 Å². The molecule has 0 aromatic carbocycles. The fourth-order valence-corrected chi connectivity index (χ4v) is 0.633. The summed E-state index contributed by atoms with van der Waals surface area (Å²) >= 11 is 0. The maximum atomic E-state index is 11.3. The largest absolute Gasteiger partial charge is 0.271 e. The molecule has 0 aromatic rings. The van der Waals surface area contributed by atoms with Gasteiger partial charge in [0.25, 0.3) is 5.91 Å². The topological polar surface area (TPSA) is 41.5 Å². The second-order valence-electron chi connectivity index (χ2n) is 2.43. The average Bonchev–Trinajstić information content (AvgIpc) is 2.19. The van der Waals surface area contributed by atoms with Crippen LogP contribution >= 0.6 is 0 Å². The summed E-state index contributed by atoms with van der Waals surface area (Å²) in [5.41, 5.74) is 3.44. The summed E-state index contributed by atoms with van der Waals surface area (Å²) in [6.45, 7) is 12.3. The summed E-state index contributed by atoms with van der Waals surface area (Å²) in [5, 5.41) is 3.67. The number of nitrogens with one attached hydrogen (secondary N) is 1. The molecule has 0 spiro atoms. The number of hydrogen-bond donors (Lipinski definition) is 1. The zero-order chi connectivity index (χ0) is 11.0. The zero-order valence-corrected chi connectivity index (χ0v) is 8.29. The van der Waals surface area contributed by atoms with Crippen LogP contribution in [0.3, 0.4) is 0 Å². The first-order chi connectivity index (χ1) is 6.65. The van der Waals surface area contributed by atoms with Crippen molar-refractivity contribution < 1.29 is 4.79 Å². The Bertz CT molecular complexity index is 311. The lowest BCUT2D eigenvalue weighted by Crippen LogP contribution is -2.18. The van der Waals surface area contributed by atoms with Gasteiger partial charge < -0.3 is 0 Å². The van der Waals surface area contributed by atoms with Crippen LogP contribution in [0, 0.1) is 0 Å². The minimum absolute atomic E-state index is 0.296. The number of carbonyl (C=O) groups excluding carboxylic acids is 1. The van der Waals surface area contributed by atoms with Gasteiger partial charge in [-0.05, 0) is 12.5 Å². The third-order valence-electron chi connectivity index (χ3n) is 1.45. The van der Waals surface area contributed by atoms with Crippen molar-refractivity contribution in [2.45, 2.75) is 6.92 Å². The number of rotatable bonds is 5. The number of carbonyl (C=O) groups is 1. The molecule has 0 saturated heterocycles. The maximum Gasteiger partial charge on any atom is 0.271 e. The van der Waals surface area contributed by atoms with Gasteiger partial charge in [-0.15, -0.1) is 0 Å². The molecule has 14 heavy (non-hydrogen) atoms. The molecule has 0 aliphatic carbocycles. The maximum absolute atomic E-state index is 11.3. The summed E-state index contributed by atoms with van der Waals surface area (Å²) < 4.78 is 0. The monoisotopic (exact) mass is 190 g/mol. The van der Waals surface area contributed by atoms with Gasteiger partial charge in [0.05, 0.1) is 6.21 Å². The van der Waals surface area contributed by atoms with E-state index in [9.17, 15) is 4.79 Å². The summed E-state index contributed by atoms with van der Waals surface area (Å²) in [4.78, 5) is 11.3. The fraction of sp³-hybridized carbons (Fsp3) is 0.0909. The third-order valence-corrected chi connectivity index (χ3v) is 1.45. The van der Waals surface area contributed by atoms with Gasteiger partial charge in [0, 0.05) is 5.57 Å². The fourth-order valence-electron chi connectivity index (χ4n) is 0.633. The highest BCUT2D eigenvalue weighted by atomic mass is 16.2. The Morgan fingerprint density at radius 1 is 1.36 bits per heavy atom. The Kier molecular flexibility index (Phi) is 5.70. The summed E-state index contributed by atoms with van der Waals surface area (Å²) in [7, 11) is 0. The van der Waals surface area contributed by atoms with E-state index in [4.69, 9.17) is 0 Å². The minimum Gasteiger partial charge on any atom is -0.267 e. The molecule has 0 bridgehead atoms. The first kappa shape index (κ1) is 12.1. The molecule has 0 aromatic heterocycles. The number of hydrogen-bond acceptors (Lipinski definition) is 2. The first-order valence-corrected chi connectivity index (χ1v) is 4.09. The van der Waals surface area contributed by atoms with Gasteiger partial charge in [0.15, 0.2) is 0 Å². The highest BCUT2D eigenvalue weighted by Crippen LogP contribution is 1.94. The molecule has 0 aliphatic heterocycles. The Labute approximate surface area is 84.2 Å². The van der Waals surface area contributed by atoms with Crippen LogP contribution < -0.4 is 5.43 Å². The Balaban J connectivity index is 4.21. The summed E-state index contributed by atoms with van der Waals surface area (Å²) in [6.07, 6.45) is 6.08. The molecular weight excluding hydrogens is 176 g/mol. The van der Waals surface area contributed by atoms with E-state index < -0.39 is 0 Å². The second kappa shape index (κ2) is 6.60. The van der Waals surface area contributed by atoms with Gasteiger partial charge >= 0.3 is 0 Å². The number of hydrazone groups is 1. The molecule has 3 heteroatoms. The lowest BCUT2D eigenvalue weighted by molar-refractivity contribution is -0.117. The Morgan fingerprint density at radius 2 is 2.00 bits per heavy atom. The highest BCUT2D eigenvalue weighted by Gasteiger charge is 2.01. The van der Waals surface area contributed by atoms with Crippen LogP contribution in [0.4, 0.5) is 0 Å². The van der Waals surface area contributed by atoms with E-state index in [1.54, 1.807) is 19.1 Å². The second-order valence-corrected chi connectivity index (χ2v) is 2.43. The van der Waals surface area contributed by atoms with Crippen LogP contribution in [-0.4, -0.2) is 12.1 Å². The van der Waals surface area contributed by atoms with Gasteiger partial charge in [-0.3, -0.25) is 4.79 Å². The van der Waals surface area contributed by atoms with Crippen molar-refractivity contribution in [3.8, 4) is 0 Å². The average molecular weight is 190 g/mol. The smallest absolute Gasteiger partial charge is 0.267 e. The lowest BCUT2D eigenvalue weighted by Gasteiger charge is -1.98. The number of allylic oxidation sites excluding steroid dienone is 3. The predicted octanol–water partition coefficient (Wildman–Crippen LogP) is 1.96. The van der Waals surface area contributed by atoms with E-state index >= 15 is 0 Å². The van der Waals surface area contributed by atoms with Crippen molar-refractivity contribution in [3.63, 3.8) is 0 Å². The van der Waals surface area contributed by atoms with Crippen molar-refractivity contribution in [3.05, 3.63) is 49.1 Å². The predicted molar refractivity (Wildman–Crippen MR) is 59.9 cm³/mol. The Hall–Kier alpha value is -1.90. The van der Waals surface area contributed by atoms with E-state index in [2.05, 4.69) is 30.3 Å².